The van der Waals surface area contributed by atoms with Crippen LogP contribution in [-0.2, 0) is 22.6 Å². The molecule has 0 spiro atoms. The van der Waals surface area contributed by atoms with Gasteiger partial charge < -0.3 is 14.6 Å². The zero-order valence-corrected chi connectivity index (χ0v) is 16.1. The lowest BCUT2D eigenvalue weighted by atomic mass is 10.1. The first kappa shape index (κ1) is 19.2. The third kappa shape index (κ3) is 5.72. The number of esters is 1. The molecule has 0 amide bonds. The number of hydrogen-bond donors (Lipinski definition) is 1. The van der Waals surface area contributed by atoms with Crippen molar-refractivity contribution in [2.75, 3.05) is 13.3 Å². The first-order chi connectivity index (χ1) is 11.9. The number of rotatable bonds is 8. The van der Waals surface area contributed by atoms with Gasteiger partial charge in [0.15, 0.2) is 0 Å². The molecule has 0 aliphatic rings. The molecular formula is C20H26O4Si. The highest BCUT2D eigenvalue weighted by molar-refractivity contribution is 6.89. The smallest absolute Gasteiger partial charge is 0.305 e. The molecular weight excluding hydrogens is 332 g/mol. The molecule has 0 aliphatic heterocycles. The molecule has 0 aliphatic carbocycles. The molecule has 25 heavy (non-hydrogen) atoms. The van der Waals surface area contributed by atoms with Crippen LogP contribution in [0.1, 0.15) is 17.5 Å². The summed E-state index contributed by atoms with van der Waals surface area (Å²) < 4.78 is 10.7. The third-order valence-corrected chi connectivity index (χ3v) is 7.05. The number of aliphatic hydroxyl groups excluding tert-OH is 1. The number of methoxy groups -OCH3 is 1. The van der Waals surface area contributed by atoms with Crippen molar-refractivity contribution in [1.82, 2.24) is 0 Å². The molecule has 4 nitrogen and oxygen atoms in total. The van der Waals surface area contributed by atoms with Gasteiger partial charge in [-0.2, -0.15) is 0 Å². The second-order valence-corrected chi connectivity index (χ2v) is 11.4. The quantitative estimate of drug-likeness (QED) is 0.582. The summed E-state index contributed by atoms with van der Waals surface area (Å²) in [5, 5.41) is 10.5. The van der Waals surface area contributed by atoms with Crippen LogP contribution in [0.25, 0.3) is 0 Å². The fraction of sp³-hybridized carbons (Fsp3) is 0.350. The van der Waals surface area contributed by atoms with E-state index in [0.29, 0.717) is 19.1 Å². The van der Waals surface area contributed by atoms with E-state index in [2.05, 4.69) is 30.0 Å². The molecule has 0 aromatic heterocycles. The van der Waals surface area contributed by atoms with Crippen LogP contribution in [0.5, 0.6) is 5.75 Å². The molecule has 0 unspecified atom stereocenters. The van der Waals surface area contributed by atoms with Gasteiger partial charge in [-0.1, -0.05) is 54.7 Å². The molecule has 0 bridgehead atoms. The summed E-state index contributed by atoms with van der Waals surface area (Å²) >= 11 is 0. The molecule has 0 saturated heterocycles. The van der Waals surface area contributed by atoms with E-state index >= 15 is 0 Å². The summed E-state index contributed by atoms with van der Waals surface area (Å²) in [5.74, 6) is 0.648. The van der Waals surface area contributed by atoms with Gasteiger partial charge >= 0.3 is 5.97 Å². The summed E-state index contributed by atoms with van der Waals surface area (Å²) in [4.78, 5) is 11.2. The minimum Gasteiger partial charge on any atom is -0.497 e. The van der Waals surface area contributed by atoms with Crippen LogP contribution < -0.4 is 9.92 Å². The molecule has 134 valence electrons. The first-order valence-electron chi connectivity index (χ1n) is 8.43. The average molecular weight is 359 g/mol. The van der Waals surface area contributed by atoms with Gasteiger partial charge in [0.05, 0.1) is 19.9 Å². The Morgan fingerprint density at radius 1 is 1.00 bits per heavy atom. The Labute approximate surface area is 150 Å². The van der Waals surface area contributed by atoms with Crippen molar-refractivity contribution in [2.45, 2.75) is 32.5 Å². The van der Waals surface area contributed by atoms with Crippen LogP contribution in [0.2, 0.25) is 13.1 Å². The minimum atomic E-state index is -1.71. The molecule has 0 saturated carbocycles. The summed E-state index contributed by atoms with van der Waals surface area (Å²) in [7, 11) is -0.307. The summed E-state index contributed by atoms with van der Waals surface area (Å²) in [6.45, 7) is 4.61. The van der Waals surface area contributed by atoms with Crippen LogP contribution in [0.4, 0.5) is 0 Å². The first-order valence-corrected chi connectivity index (χ1v) is 11.6. The second kappa shape index (κ2) is 8.83. The summed E-state index contributed by atoms with van der Waals surface area (Å²) in [6, 6.07) is 16.0. The highest BCUT2D eigenvalue weighted by Crippen LogP contribution is 2.16. The van der Waals surface area contributed by atoms with E-state index in [4.69, 9.17) is 9.84 Å². The Bertz CT molecular complexity index is 678. The highest BCUT2D eigenvalue weighted by atomic mass is 28.3. The summed E-state index contributed by atoms with van der Waals surface area (Å²) in [5.41, 5.74) is 2.02. The lowest BCUT2D eigenvalue weighted by Crippen LogP contribution is -2.47. The van der Waals surface area contributed by atoms with Crippen molar-refractivity contribution < 1.29 is 19.4 Å². The van der Waals surface area contributed by atoms with Crippen molar-refractivity contribution in [1.29, 1.82) is 0 Å². The number of ether oxygens (including phenoxy) is 2. The van der Waals surface area contributed by atoms with Crippen LogP contribution in [-0.4, -0.2) is 32.5 Å². The number of carbonyl (C=O) groups is 1. The molecule has 1 N–H and O–H groups in total. The SMILES string of the molecule is COC(=O)CCc1ccc(OC[Si](C)(C)c2ccc(CO)cc2)cc1. The number of aryl methyl sites for hydroxylation is 1. The molecule has 2 rings (SSSR count). The maximum Gasteiger partial charge on any atom is 0.305 e. The maximum absolute atomic E-state index is 11.2. The topological polar surface area (TPSA) is 55.8 Å². The Kier molecular flexibility index (Phi) is 6.79. The number of carbonyl (C=O) groups excluding carboxylic acids is 1. The van der Waals surface area contributed by atoms with Crippen molar-refractivity contribution in [3.63, 3.8) is 0 Å². The zero-order chi connectivity index (χ0) is 18.3. The van der Waals surface area contributed by atoms with E-state index in [9.17, 15) is 4.79 Å². The van der Waals surface area contributed by atoms with E-state index < -0.39 is 8.07 Å². The third-order valence-electron chi connectivity index (χ3n) is 4.29. The van der Waals surface area contributed by atoms with Crippen LogP contribution >= 0.6 is 0 Å². The van der Waals surface area contributed by atoms with Crippen molar-refractivity contribution in [2.24, 2.45) is 0 Å². The van der Waals surface area contributed by atoms with Crippen molar-refractivity contribution >= 4 is 19.2 Å². The van der Waals surface area contributed by atoms with Gasteiger partial charge in [0.1, 0.15) is 13.8 Å². The van der Waals surface area contributed by atoms with E-state index in [1.54, 1.807) is 0 Å². The predicted octanol–water partition coefficient (Wildman–Crippen LogP) is 2.82. The van der Waals surface area contributed by atoms with Crippen LogP contribution in [0, 0.1) is 0 Å². The van der Waals surface area contributed by atoms with Crippen LogP contribution in [0.3, 0.4) is 0 Å². The minimum absolute atomic E-state index is 0.0705. The Balaban J connectivity index is 1.91. The van der Waals surface area contributed by atoms with Crippen molar-refractivity contribution in [3.05, 3.63) is 59.7 Å². The van der Waals surface area contributed by atoms with Gasteiger partial charge in [-0.3, -0.25) is 4.79 Å². The fourth-order valence-corrected chi connectivity index (χ4v) is 4.27. The lowest BCUT2D eigenvalue weighted by molar-refractivity contribution is -0.140. The Hall–Kier alpha value is -2.11. The van der Waals surface area contributed by atoms with Gasteiger partial charge in [0.2, 0.25) is 0 Å². The summed E-state index contributed by atoms with van der Waals surface area (Å²) in [6.07, 6.45) is 1.75. The Morgan fingerprint density at radius 2 is 1.60 bits per heavy atom. The highest BCUT2D eigenvalue weighted by Gasteiger charge is 2.24. The normalized spacial score (nSPS) is 11.2. The van der Waals surface area contributed by atoms with Gasteiger partial charge in [0, 0.05) is 6.42 Å². The molecule has 0 radical (unpaired) electrons. The fourth-order valence-electron chi connectivity index (χ4n) is 2.51. The van der Waals surface area contributed by atoms with E-state index in [-0.39, 0.29) is 12.6 Å². The van der Waals surface area contributed by atoms with E-state index in [0.717, 1.165) is 16.9 Å². The van der Waals surface area contributed by atoms with E-state index in [1.807, 2.05) is 36.4 Å². The molecule has 5 heteroatoms. The van der Waals surface area contributed by atoms with Gasteiger partial charge in [-0.25, -0.2) is 0 Å². The molecule has 0 heterocycles. The van der Waals surface area contributed by atoms with Gasteiger partial charge in [-0.05, 0) is 29.7 Å². The monoisotopic (exact) mass is 358 g/mol. The molecule has 0 fully saturated rings. The number of hydrogen-bond acceptors (Lipinski definition) is 4. The van der Waals surface area contributed by atoms with Gasteiger partial charge in [0.25, 0.3) is 0 Å². The molecule has 2 aromatic carbocycles. The second-order valence-electron chi connectivity index (χ2n) is 6.75. The number of aliphatic hydroxyl groups is 1. The maximum atomic E-state index is 11.2. The Morgan fingerprint density at radius 3 is 2.16 bits per heavy atom. The lowest BCUT2D eigenvalue weighted by Gasteiger charge is -2.23. The van der Waals surface area contributed by atoms with Gasteiger partial charge in [-0.15, -0.1) is 0 Å². The van der Waals surface area contributed by atoms with Crippen LogP contribution in [0.15, 0.2) is 48.5 Å². The predicted molar refractivity (Wildman–Crippen MR) is 102 cm³/mol. The average Bonchev–Trinajstić information content (AvgIpc) is 2.65. The zero-order valence-electron chi connectivity index (χ0n) is 15.1. The molecule has 0 atom stereocenters. The standard InChI is InChI=1S/C20H26O4Si/c1-23-20(22)13-8-16-4-9-18(10-5-16)24-15-25(2,3)19-11-6-17(14-21)7-12-19/h4-7,9-12,21H,8,13-15H2,1-3H3. The van der Waals surface area contributed by atoms with E-state index in [1.165, 1.54) is 12.3 Å². The largest absolute Gasteiger partial charge is 0.497 e. The number of benzene rings is 2. The van der Waals surface area contributed by atoms with Crippen molar-refractivity contribution in [3.8, 4) is 5.75 Å². The molecule has 2 aromatic rings.